The first-order chi connectivity index (χ1) is 11.3. The van der Waals surface area contributed by atoms with Crippen molar-refractivity contribution in [3.8, 4) is 0 Å². The van der Waals surface area contributed by atoms with Crippen LogP contribution in [0.1, 0.15) is 65.7 Å². The van der Waals surface area contributed by atoms with Crippen molar-refractivity contribution in [3.63, 3.8) is 0 Å². The second kappa shape index (κ2) is 4.54. The molecule has 3 nitrogen and oxygen atoms in total. The number of hydrogen-bond acceptors (Lipinski definition) is 3. The molecule has 0 amide bonds. The van der Waals surface area contributed by atoms with Crippen LogP contribution in [0.4, 0.5) is 0 Å². The van der Waals surface area contributed by atoms with Gasteiger partial charge >= 0.3 is 0 Å². The molecule has 2 N–H and O–H groups in total. The van der Waals surface area contributed by atoms with Crippen LogP contribution in [0, 0.1) is 28.6 Å². The minimum absolute atomic E-state index is 0.126. The first-order valence-corrected chi connectivity index (χ1v) is 9.99. The van der Waals surface area contributed by atoms with E-state index in [2.05, 4.69) is 25.2 Å². The van der Waals surface area contributed by atoms with Gasteiger partial charge in [-0.2, -0.15) is 0 Å². The van der Waals surface area contributed by atoms with E-state index in [0.29, 0.717) is 23.2 Å². The molecule has 4 fully saturated rings. The summed E-state index contributed by atoms with van der Waals surface area (Å²) in [6.07, 6.45) is 10.2. The average Bonchev–Trinajstić information content (AvgIpc) is 3.21. The first kappa shape index (κ1) is 15.6. The molecule has 5 rings (SSSR count). The molecule has 8 atom stereocenters. The maximum Gasteiger partial charge on any atom is 0.151 e. The number of hydrogen-bond donors (Lipinski definition) is 2. The summed E-state index contributed by atoms with van der Waals surface area (Å²) in [4.78, 5) is 12.5. The molecule has 132 valence electrons. The second-order valence-corrected chi connectivity index (χ2v) is 9.91. The van der Waals surface area contributed by atoms with Crippen LogP contribution in [0.2, 0.25) is 0 Å². The van der Waals surface area contributed by atoms with Crippen molar-refractivity contribution in [3.05, 3.63) is 11.6 Å². The van der Waals surface area contributed by atoms with E-state index in [1.54, 1.807) is 6.92 Å². The summed E-state index contributed by atoms with van der Waals surface area (Å²) in [7, 11) is 0. The number of Topliss-reactive ketones (excluding diaryl/α,β-unsaturated/α-hetero) is 1. The highest BCUT2D eigenvalue weighted by Crippen LogP contribution is 2.70. The fourth-order valence-electron chi connectivity index (χ4n) is 7.92. The molecule has 5 aliphatic rings. The molecule has 0 aromatic carbocycles. The fraction of sp³-hybridized carbons (Fsp3) is 0.857. The lowest BCUT2D eigenvalue weighted by Gasteiger charge is -2.58. The van der Waals surface area contributed by atoms with Gasteiger partial charge in [-0.1, -0.05) is 25.5 Å². The maximum absolute atomic E-state index is 12.5. The molecule has 1 heterocycles. The van der Waals surface area contributed by atoms with Crippen LogP contribution in [0.3, 0.4) is 0 Å². The molecule has 1 saturated heterocycles. The molecule has 8 unspecified atom stereocenters. The topological polar surface area (TPSA) is 59.2 Å². The van der Waals surface area contributed by atoms with E-state index >= 15 is 0 Å². The van der Waals surface area contributed by atoms with E-state index in [1.807, 2.05) is 0 Å². The van der Waals surface area contributed by atoms with Crippen LogP contribution in [-0.4, -0.2) is 28.6 Å². The molecule has 1 aliphatic heterocycles. The normalized spacial score (nSPS) is 58.0. The monoisotopic (exact) mass is 329 g/mol. The number of carbonyl (C=O) groups excluding carboxylic acids is 1. The lowest BCUT2D eigenvalue weighted by molar-refractivity contribution is -0.126. The number of rotatable bonds is 1. The summed E-state index contributed by atoms with van der Waals surface area (Å²) in [6.45, 7) is 6.68. The van der Waals surface area contributed by atoms with Crippen molar-refractivity contribution in [1.82, 2.24) is 5.32 Å². The SMILES string of the molecule is CC(=O)C12NC1CC1C3CC=C4CC(O)CCC4(C)C3CCC12C. The second-order valence-electron chi connectivity index (χ2n) is 9.91. The highest BCUT2D eigenvalue weighted by Gasteiger charge is 2.77. The number of aliphatic hydroxyl groups is 1. The molecule has 4 aliphatic carbocycles. The van der Waals surface area contributed by atoms with E-state index in [4.69, 9.17) is 0 Å². The Labute approximate surface area is 145 Å². The van der Waals surface area contributed by atoms with Gasteiger partial charge in [-0.25, -0.2) is 0 Å². The molecular formula is C21H31NO2. The lowest BCUT2D eigenvalue weighted by atomic mass is 9.46. The average molecular weight is 329 g/mol. The number of ketones is 1. The Morgan fingerprint density at radius 2 is 2.04 bits per heavy atom. The van der Waals surface area contributed by atoms with Gasteiger partial charge in [0.05, 0.1) is 11.6 Å². The van der Waals surface area contributed by atoms with Crippen LogP contribution in [0.25, 0.3) is 0 Å². The van der Waals surface area contributed by atoms with Crippen LogP contribution in [-0.2, 0) is 4.79 Å². The smallest absolute Gasteiger partial charge is 0.151 e. The van der Waals surface area contributed by atoms with Gasteiger partial charge in [0.1, 0.15) is 0 Å². The van der Waals surface area contributed by atoms with Crippen molar-refractivity contribution in [1.29, 1.82) is 0 Å². The number of piperidine rings is 1. The van der Waals surface area contributed by atoms with E-state index in [-0.39, 0.29) is 17.1 Å². The van der Waals surface area contributed by atoms with Crippen molar-refractivity contribution < 1.29 is 9.90 Å². The molecule has 3 saturated carbocycles. The van der Waals surface area contributed by atoms with Crippen LogP contribution < -0.4 is 5.32 Å². The van der Waals surface area contributed by atoms with Crippen molar-refractivity contribution in [2.24, 2.45) is 28.6 Å². The summed E-state index contributed by atoms with van der Waals surface area (Å²) in [5.74, 6) is 2.55. The molecule has 0 aromatic rings. The quantitative estimate of drug-likeness (QED) is 0.573. The standard InChI is InChI=1S/C21H31NO2/c1-12(23)21-18(22-21)11-17-15-5-4-13-10-14(24)6-8-19(13,2)16(15)7-9-20(17,21)3/h4,14-18,22,24H,5-11H2,1-3H3. The lowest BCUT2D eigenvalue weighted by Crippen LogP contribution is -2.55. The van der Waals surface area contributed by atoms with Crippen molar-refractivity contribution in [2.45, 2.75) is 83.4 Å². The summed E-state index contributed by atoms with van der Waals surface area (Å²) < 4.78 is 0. The maximum atomic E-state index is 12.5. The number of nitrogens with one attached hydrogen (secondary N) is 1. The van der Waals surface area contributed by atoms with E-state index < -0.39 is 0 Å². The number of aliphatic hydroxyl groups excluding tert-OH is 1. The Morgan fingerprint density at radius 3 is 2.79 bits per heavy atom. The summed E-state index contributed by atoms with van der Waals surface area (Å²) in [5, 5.41) is 13.7. The Bertz CT molecular complexity index is 642. The van der Waals surface area contributed by atoms with E-state index in [1.165, 1.54) is 31.3 Å². The molecule has 0 radical (unpaired) electrons. The minimum atomic E-state index is -0.198. The largest absolute Gasteiger partial charge is 0.393 e. The number of carbonyl (C=O) groups is 1. The third-order valence-corrected chi connectivity index (χ3v) is 9.25. The predicted octanol–water partition coefficient (Wildman–Crippen LogP) is 3.22. The Hall–Kier alpha value is -0.670. The molecule has 24 heavy (non-hydrogen) atoms. The van der Waals surface area contributed by atoms with Gasteiger partial charge in [0, 0.05) is 6.04 Å². The van der Waals surface area contributed by atoms with Gasteiger partial charge in [0.15, 0.2) is 5.78 Å². The Kier molecular flexibility index (Phi) is 2.94. The summed E-state index contributed by atoms with van der Waals surface area (Å²) in [5.41, 5.74) is 1.79. The van der Waals surface area contributed by atoms with Crippen molar-refractivity contribution in [2.75, 3.05) is 0 Å². The zero-order valence-corrected chi connectivity index (χ0v) is 15.3. The van der Waals surface area contributed by atoms with Gasteiger partial charge in [0.2, 0.25) is 0 Å². The highest BCUT2D eigenvalue weighted by molar-refractivity contribution is 5.92. The number of fused-ring (bicyclic) bond motifs is 7. The van der Waals surface area contributed by atoms with Crippen LogP contribution in [0.15, 0.2) is 11.6 Å². The van der Waals surface area contributed by atoms with Gasteiger partial charge in [0.25, 0.3) is 0 Å². The van der Waals surface area contributed by atoms with Gasteiger partial charge in [-0.15, -0.1) is 0 Å². The minimum Gasteiger partial charge on any atom is -0.393 e. The van der Waals surface area contributed by atoms with Crippen molar-refractivity contribution >= 4 is 5.78 Å². The molecule has 0 bridgehead atoms. The predicted molar refractivity (Wildman–Crippen MR) is 93.4 cm³/mol. The summed E-state index contributed by atoms with van der Waals surface area (Å²) in [6, 6.07) is 0.440. The zero-order chi connectivity index (χ0) is 16.9. The molecule has 3 heteroatoms. The molecule has 0 spiro atoms. The Morgan fingerprint density at radius 1 is 1.25 bits per heavy atom. The summed E-state index contributed by atoms with van der Waals surface area (Å²) >= 11 is 0. The third kappa shape index (κ3) is 1.60. The highest BCUT2D eigenvalue weighted by atomic mass is 16.3. The van der Waals surface area contributed by atoms with Gasteiger partial charge in [-0.05, 0) is 80.5 Å². The first-order valence-electron chi connectivity index (χ1n) is 9.99. The Balaban J connectivity index is 1.51. The van der Waals surface area contributed by atoms with E-state index in [0.717, 1.165) is 31.1 Å². The molecule has 0 aromatic heterocycles. The zero-order valence-electron chi connectivity index (χ0n) is 15.3. The van der Waals surface area contributed by atoms with Gasteiger partial charge in [-0.3, -0.25) is 10.1 Å². The molecular weight excluding hydrogens is 298 g/mol. The van der Waals surface area contributed by atoms with Crippen LogP contribution in [0.5, 0.6) is 0 Å². The number of allylic oxidation sites excluding steroid dienone is 1. The fourth-order valence-corrected chi connectivity index (χ4v) is 7.92. The van der Waals surface area contributed by atoms with Crippen LogP contribution >= 0.6 is 0 Å². The van der Waals surface area contributed by atoms with E-state index in [9.17, 15) is 9.90 Å². The third-order valence-electron chi connectivity index (χ3n) is 9.25. The van der Waals surface area contributed by atoms with Gasteiger partial charge < -0.3 is 5.11 Å².